The summed E-state index contributed by atoms with van der Waals surface area (Å²) in [6.07, 6.45) is -12.3. The Morgan fingerprint density at radius 2 is 1.55 bits per heavy atom. The van der Waals surface area contributed by atoms with Gasteiger partial charge in [0.25, 0.3) is 11.3 Å². The van der Waals surface area contributed by atoms with Gasteiger partial charge in [-0.1, -0.05) is 0 Å². The predicted octanol–water partition coefficient (Wildman–Crippen LogP) is 2.49. The molecule has 112 valence electrons. The first-order chi connectivity index (χ1) is 8.82. The number of non-ortho nitro benzene ring substituents is 1. The van der Waals surface area contributed by atoms with Gasteiger partial charge in [-0.25, -0.2) is 0 Å². The molecule has 0 aliphatic rings. The normalized spacial score (nSPS) is 13.3. The van der Waals surface area contributed by atoms with E-state index < -0.39 is 39.8 Å². The Labute approximate surface area is 106 Å². The fourth-order valence-corrected chi connectivity index (χ4v) is 1.44. The molecule has 11 heteroatoms. The van der Waals surface area contributed by atoms with Gasteiger partial charge in [-0.2, -0.15) is 26.3 Å². The number of nitro benzene ring substituents is 1. The Morgan fingerprint density at radius 3 is 1.90 bits per heavy atom. The summed E-state index contributed by atoms with van der Waals surface area (Å²) in [5.41, 5.74) is -4.29. The fraction of sp³-hybridized carbons (Fsp3) is 0.333. The number of nitrogens with zero attached hydrogens (tertiary/aromatic N) is 1. The third kappa shape index (κ3) is 2.35. The van der Waals surface area contributed by atoms with E-state index in [2.05, 4.69) is 0 Å². The van der Waals surface area contributed by atoms with Gasteiger partial charge in [0.15, 0.2) is 0 Å². The molecular formula is C9H6F6N2O3. The van der Waals surface area contributed by atoms with Gasteiger partial charge in [0, 0.05) is 23.4 Å². The minimum absolute atomic E-state index is 0.0592. The standard InChI is InChI=1S/C9H6F6N2O3/c10-8(11,12)7(18,9(13,14)15)5-3-4(17(19)20)1-2-6(5)16/h1-3,18H,16H2. The molecule has 0 aliphatic carbocycles. The number of nitrogens with two attached hydrogens (primary N) is 1. The second kappa shape index (κ2) is 4.51. The van der Waals surface area contributed by atoms with Crippen LogP contribution in [0.15, 0.2) is 18.2 Å². The van der Waals surface area contributed by atoms with Gasteiger partial charge in [-0.05, 0) is 6.07 Å². The highest BCUT2D eigenvalue weighted by molar-refractivity contribution is 5.56. The maximum absolute atomic E-state index is 12.6. The number of nitrogen functional groups attached to an aromatic ring is 1. The van der Waals surface area contributed by atoms with Gasteiger partial charge >= 0.3 is 12.4 Å². The molecule has 1 aromatic rings. The zero-order chi connectivity index (χ0) is 15.9. The predicted molar refractivity (Wildman–Crippen MR) is 53.5 cm³/mol. The van der Waals surface area contributed by atoms with Crippen LogP contribution in [0, 0.1) is 10.1 Å². The maximum atomic E-state index is 12.6. The first-order valence-corrected chi connectivity index (χ1v) is 4.72. The van der Waals surface area contributed by atoms with Crippen LogP contribution in [0.3, 0.4) is 0 Å². The van der Waals surface area contributed by atoms with Crippen molar-refractivity contribution < 1.29 is 36.4 Å². The highest BCUT2D eigenvalue weighted by Gasteiger charge is 2.72. The van der Waals surface area contributed by atoms with Gasteiger partial charge in [0.2, 0.25) is 0 Å². The zero-order valence-electron chi connectivity index (χ0n) is 9.29. The largest absolute Gasteiger partial charge is 0.430 e. The number of hydrogen-bond donors (Lipinski definition) is 2. The lowest BCUT2D eigenvalue weighted by molar-refractivity contribution is -0.386. The number of nitro groups is 1. The molecule has 0 heterocycles. The second-order valence-electron chi connectivity index (χ2n) is 3.73. The van der Waals surface area contributed by atoms with Gasteiger partial charge in [-0.15, -0.1) is 0 Å². The maximum Gasteiger partial charge on any atom is 0.430 e. The van der Waals surface area contributed by atoms with Crippen LogP contribution in [0.1, 0.15) is 5.56 Å². The van der Waals surface area contributed by atoms with E-state index in [1.54, 1.807) is 0 Å². The van der Waals surface area contributed by atoms with Crippen molar-refractivity contribution in [3.8, 4) is 0 Å². The summed E-state index contributed by atoms with van der Waals surface area (Å²) in [7, 11) is 0. The van der Waals surface area contributed by atoms with E-state index in [1.165, 1.54) is 0 Å². The molecular weight excluding hydrogens is 298 g/mol. The number of alkyl halides is 6. The first-order valence-electron chi connectivity index (χ1n) is 4.72. The smallest absolute Gasteiger partial charge is 0.398 e. The summed E-state index contributed by atoms with van der Waals surface area (Å²) in [4.78, 5) is 9.20. The summed E-state index contributed by atoms with van der Waals surface area (Å²) in [5, 5.41) is 19.5. The minimum Gasteiger partial charge on any atom is -0.398 e. The van der Waals surface area contributed by atoms with Crippen molar-refractivity contribution in [3.63, 3.8) is 0 Å². The number of benzene rings is 1. The molecule has 0 atom stereocenters. The van der Waals surface area contributed by atoms with Crippen LogP contribution in [0.4, 0.5) is 37.7 Å². The molecule has 0 amide bonds. The molecule has 0 saturated heterocycles. The van der Waals surface area contributed by atoms with Crippen LogP contribution in [-0.2, 0) is 5.60 Å². The highest BCUT2D eigenvalue weighted by atomic mass is 19.4. The summed E-state index contributed by atoms with van der Waals surface area (Å²) < 4.78 is 75.6. The average molecular weight is 304 g/mol. The summed E-state index contributed by atoms with van der Waals surface area (Å²) in [5.74, 6) is 0. The Morgan fingerprint density at radius 1 is 1.10 bits per heavy atom. The summed E-state index contributed by atoms with van der Waals surface area (Å²) in [6, 6.07) is 1.04. The van der Waals surface area contributed by atoms with E-state index in [9.17, 15) is 36.5 Å². The molecule has 0 bridgehead atoms. The van der Waals surface area contributed by atoms with E-state index in [0.29, 0.717) is 12.1 Å². The van der Waals surface area contributed by atoms with Crippen molar-refractivity contribution >= 4 is 11.4 Å². The van der Waals surface area contributed by atoms with Crippen molar-refractivity contribution in [2.24, 2.45) is 0 Å². The van der Waals surface area contributed by atoms with Gasteiger partial charge < -0.3 is 10.8 Å². The second-order valence-corrected chi connectivity index (χ2v) is 3.73. The number of hydrogen-bond acceptors (Lipinski definition) is 4. The Balaban J connectivity index is 3.67. The molecule has 0 saturated carbocycles. The molecule has 3 N–H and O–H groups in total. The molecule has 0 aromatic heterocycles. The number of halogens is 6. The molecule has 5 nitrogen and oxygen atoms in total. The molecule has 1 rings (SSSR count). The quantitative estimate of drug-likeness (QED) is 0.380. The Hall–Kier alpha value is -2.04. The average Bonchev–Trinajstić information content (AvgIpc) is 2.25. The fourth-order valence-electron chi connectivity index (χ4n) is 1.44. The van der Waals surface area contributed by atoms with Crippen LogP contribution in [0.5, 0.6) is 0 Å². The third-order valence-corrected chi connectivity index (χ3v) is 2.46. The van der Waals surface area contributed by atoms with Crippen LogP contribution in [0.25, 0.3) is 0 Å². The van der Waals surface area contributed by atoms with Gasteiger partial charge in [-0.3, -0.25) is 10.1 Å². The lowest BCUT2D eigenvalue weighted by Gasteiger charge is -2.33. The van der Waals surface area contributed by atoms with Gasteiger partial charge in [0.1, 0.15) is 0 Å². The van der Waals surface area contributed by atoms with Crippen molar-refractivity contribution in [2.45, 2.75) is 18.0 Å². The molecule has 0 unspecified atom stereocenters. The molecule has 20 heavy (non-hydrogen) atoms. The molecule has 0 radical (unpaired) electrons. The van der Waals surface area contributed by atoms with Crippen molar-refractivity contribution in [1.82, 2.24) is 0 Å². The van der Waals surface area contributed by atoms with E-state index >= 15 is 0 Å². The topological polar surface area (TPSA) is 89.4 Å². The lowest BCUT2D eigenvalue weighted by atomic mass is 9.90. The van der Waals surface area contributed by atoms with E-state index in [0.717, 1.165) is 0 Å². The third-order valence-electron chi connectivity index (χ3n) is 2.46. The Bertz CT molecular complexity index is 525. The molecule has 0 aliphatic heterocycles. The van der Waals surface area contributed by atoms with Crippen molar-refractivity contribution in [2.75, 3.05) is 5.73 Å². The SMILES string of the molecule is Nc1ccc([N+](=O)[O-])cc1C(O)(C(F)(F)F)C(F)(F)F. The summed E-state index contributed by atoms with van der Waals surface area (Å²) >= 11 is 0. The lowest BCUT2D eigenvalue weighted by Crippen LogP contribution is -2.54. The molecule has 0 spiro atoms. The van der Waals surface area contributed by atoms with Crippen LogP contribution in [0.2, 0.25) is 0 Å². The van der Waals surface area contributed by atoms with Crippen LogP contribution < -0.4 is 5.73 Å². The monoisotopic (exact) mass is 304 g/mol. The Kier molecular flexibility index (Phi) is 3.61. The number of rotatable bonds is 2. The van der Waals surface area contributed by atoms with Crippen molar-refractivity contribution in [1.29, 1.82) is 0 Å². The molecule has 0 fully saturated rings. The van der Waals surface area contributed by atoms with Crippen LogP contribution >= 0.6 is 0 Å². The van der Waals surface area contributed by atoms with Crippen molar-refractivity contribution in [3.05, 3.63) is 33.9 Å². The summed E-state index contributed by atoms with van der Waals surface area (Å²) in [6.45, 7) is 0. The number of aliphatic hydroxyl groups is 1. The van der Waals surface area contributed by atoms with Gasteiger partial charge in [0.05, 0.1) is 4.92 Å². The number of anilines is 1. The molecule has 1 aromatic carbocycles. The van der Waals surface area contributed by atoms with E-state index in [4.69, 9.17) is 10.8 Å². The first kappa shape index (κ1) is 16.0. The van der Waals surface area contributed by atoms with E-state index in [1.807, 2.05) is 0 Å². The van der Waals surface area contributed by atoms with Crippen LogP contribution in [-0.4, -0.2) is 22.4 Å². The van der Waals surface area contributed by atoms with E-state index in [-0.39, 0.29) is 6.07 Å². The minimum atomic E-state index is -6.16. The highest BCUT2D eigenvalue weighted by Crippen LogP contribution is 2.51. The zero-order valence-corrected chi connectivity index (χ0v) is 9.29.